The second-order valence-corrected chi connectivity index (χ2v) is 6.27. The Morgan fingerprint density at radius 2 is 1.92 bits per heavy atom. The van der Waals surface area contributed by atoms with Gasteiger partial charge in [-0.15, -0.1) is 12.3 Å². The smallest absolute Gasteiger partial charge is 0.228 e. The van der Waals surface area contributed by atoms with E-state index in [1.54, 1.807) is 4.90 Å². The molecule has 0 N–H and O–H groups in total. The van der Waals surface area contributed by atoms with Crippen molar-refractivity contribution < 1.29 is 18.4 Å². The molecule has 0 bridgehead atoms. The van der Waals surface area contributed by atoms with Crippen molar-refractivity contribution in [3.05, 3.63) is 29.8 Å². The zero-order valence-corrected chi connectivity index (χ0v) is 13.2. The molecule has 0 spiro atoms. The molecular weight excluding hydrogens is 314 g/mol. The lowest BCUT2D eigenvalue weighted by molar-refractivity contribution is -0.136. The molecule has 126 valence electrons. The SMILES string of the molecule is C#CC1CCN(C(=O)C2CC(=O)N(c3ccc(F)c(F)c3)C2)CC1. The van der Waals surface area contributed by atoms with Crippen LogP contribution in [0.15, 0.2) is 18.2 Å². The largest absolute Gasteiger partial charge is 0.342 e. The molecule has 0 aliphatic carbocycles. The lowest BCUT2D eigenvalue weighted by atomic mass is 9.96. The summed E-state index contributed by atoms with van der Waals surface area (Å²) in [5, 5.41) is 0. The van der Waals surface area contributed by atoms with Crippen molar-refractivity contribution in [3.8, 4) is 12.3 Å². The minimum absolute atomic E-state index is 0.0658. The van der Waals surface area contributed by atoms with Crippen molar-refractivity contribution in [2.45, 2.75) is 19.3 Å². The maximum Gasteiger partial charge on any atom is 0.228 e. The number of likely N-dealkylation sites (tertiary alicyclic amines) is 1. The number of carbonyl (C=O) groups is 2. The third-order valence-electron chi connectivity index (χ3n) is 4.73. The molecule has 4 nitrogen and oxygen atoms in total. The van der Waals surface area contributed by atoms with Crippen molar-refractivity contribution in [1.29, 1.82) is 0 Å². The summed E-state index contributed by atoms with van der Waals surface area (Å²) in [6.07, 6.45) is 7.05. The van der Waals surface area contributed by atoms with Gasteiger partial charge in [-0.25, -0.2) is 8.78 Å². The number of nitrogens with zero attached hydrogens (tertiary/aromatic N) is 2. The summed E-state index contributed by atoms with van der Waals surface area (Å²) >= 11 is 0. The maximum atomic E-state index is 13.4. The predicted octanol–water partition coefficient (Wildman–Crippen LogP) is 2.19. The fraction of sp³-hybridized carbons (Fsp3) is 0.444. The fourth-order valence-electron chi connectivity index (χ4n) is 3.30. The van der Waals surface area contributed by atoms with E-state index >= 15 is 0 Å². The fourth-order valence-corrected chi connectivity index (χ4v) is 3.30. The Morgan fingerprint density at radius 3 is 2.54 bits per heavy atom. The van der Waals surface area contributed by atoms with Crippen LogP contribution >= 0.6 is 0 Å². The average Bonchev–Trinajstić information content (AvgIpc) is 2.98. The topological polar surface area (TPSA) is 40.6 Å². The molecule has 2 saturated heterocycles. The summed E-state index contributed by atoms with van der Waals surface area (Å²) < 4.78 is 26.4. The summed E-state index contributed by atoms with van der Waals surface area (Å²) in [6.45, 7) is 1.39. The van der Waals surface area contributed by atoms with Gasteiger partial charge in [0.05, 0.1) is 5.92 Å². The molecule has 6 heteroatoms. The van der Waals surface area contributed by atoms with Crippen LogP contribution in [0.1, 0.15) is 19.3 Å². The van der Waals surface area contributed by atoms with Gasteiger partial charge >= 0.3 is 0 Å². The zero-order valence-electron chi connectivity index (χ0n) is 13.2. The van der Waals surface area contributed by atoms with Crippen LogP contribution in [0.25, 0.3) is 0 Å². The van der Waals surface area contributed by atoms with Crippen LogP contribution in [-0.4, -0.2) is 36.3 Å². The van der Waals surface area contributed by atoms with Gasteiger partial charge < -0.3 is 9.80 Å². The van der Waals surface area contributed by atoms with E-state index in [9.17, 15) is 18.4 Å². The first-order chi connectivity index (χ1) is 11.5. The lowest BCUT2D eigenvalue weighted by Crippen LogP contribution is -2.42. The molecule has 0 radical (unpaired) electrons. The van der Waals surface area contributed by atoms with E-state index in [-0.39, 0.29) is 36.4 Å². The van der Waals surface area contributed by atoms with Crippen LogP contribution in [0.3, 0.4) is 0 Å². The summed E-state index contributed by atoms with van der Waals surface area (Å²) in [4.78, 5) is 27.9. The molecule has 1 aromatic rings. The number of terminal acetylenes is 1. The highest BCUT2D eigenvalue weighted by Gasteiger charge is 2.38. The van der Waals surface area contributed by atoms with Crippen molar-refractivity contribution in [2.75, 3.05) is 24.5 Å². The molecule has 1 atom stereocenters. The Balaban J connectivity index is 1.67. The van der Waals surface area contributed by atoms with Gasteiger partial charge in [0.25, 0.3) is 0 Å². The van der Waals surface area contributed by atoms with E-state index in [1.807, 2.05) is 0 Å². The summed E-state index contributed by atoms with van der Waals surface area (Å²) in [5.41, 5.74) is 0.278. The Morgan fingerprint density at radius 1 is 1.21 bits per heavy atom. The van der Waals surface area contributed by atoms with Gasteiger partial charge in [0.1, 0.15) is 0 Å². The van der Waals surface area contributed by atoms with Crippen LogP contribution in [-0.2, 0) is 9.59 Å². The molecule has 2 amide bonds. The standard InChI is InChI=1S/C18H18F2N2O2/c1-2-12-5-7-21(8-6-12)18(24)13-9-17(23)22(11-13)14-3-4-15(19)16(20)10-14/h1,3-4,10,12-13H,5-9,11H2. The Hall–Kier alpha value is -2.42. The number of amides is 2. The molecule has 2 aliphatic heterocycles. The van der Waals surface area contributed by atoms with Crippen LogP contribution in [0.5, 0.6) is 0 Å². The quantitative estimate of drug-likeness (QED) is 0.779. The second kappa shape index (κ2) is 6.60. The van der Waals surface area contributed by atoms with Gasteiger partial charge in [-0.2, -0.15) is 0 Å². The summed E-state index contributed by atoms with van der Waals surface area (Å²) in [6, 6.07) is 3.32. The number of anilines is 1. The van der Waals surface area contributed by atoms with E-state index in [1.165, 1.54) is 11.0 Å². The van der Waals surface area contributed by atoms with Crippen molar-refractivity contribution in [1.82, 2.24) is 4.90 Å². The van der Waals surface area contributed by atoms with E-state index in [0.29, 0.717) is 13.1 Å². The number of hydrogen-bond acceptors (Lipinski definition) is 2. The Kier molecular flexibility index (Phi) is 4.52. The lowest BCUT2D eigenvalue weighted by Gasteiger charge is -2.31. The van der Waals surface area contributed by atoms with Crippen LogP contribution in [0.2, 0.25) is 0 Å². The number of hydrogen-bond donors (Lipinski definition) is 0. The second-order valence-electron chi connectivity index (χ2n) is 6.27. The van der Waals surface area contributed by atoms with Gasteiger partial charge in [-0.1, -0.05) is 0 Å². The number of rotatable bonds is 2. The highest BCUT2D eigenvalue weighted by Crippen LogP contribution is 2.28. The average molecular weight is 332 g/mol. The molecule has 1 unspecified atom stereocenters. The van der Waals surface area contributed by atoms with E-state index in [4.69, 9.17) is 6.42 Å². The van der Waals surface area contributed by atoms with Crippen molar-refractivity contribution in [3.63, 3.8) is 0 Å². The van der Waals surface area contributed by atoms with Crippen LogP contribution < -0.4 is 4.90 Å². The molecule has 24 heavy (non-hydrogen) atoms. The first-order valence-electron chi connectivity index (χ1n) is 8.00. The monoisotopic (exact) mass is 332 g/mol. The van der Waals surface area contributed by atoms with Gasteiger partial charge in [-0.05, 0) is 25.0 Å². The van der Waals surface area contributed by atoms with Gasteiger partial charge in [-0.3, -0.25) is 9.59 Å². The van der Waals surface area contributed by atoms with Gasteiger partial charge in [0.2, 0.25) is 11.8 Å². The number of piperidine rings is 1. The minimum atomic E-state index is -1.01. The molecule has 2 heterocycles. The van der Waals surface area contributed by atoms with Gasteiger partial charge in [0, 0.05) is 43.7 Å². The number of carbonyl (C=O) groups excluding carboxylic acids is 2. The maximum absolute atomic E-state index is 13.4. The van der Waals surface area contributed by atoms with E-state index in [2.05, 4.69) is 5.92 Å². The van der Waals surface area contributed by atoms with E-state index in [0.717, 1.165) is 25.0 Å². The van der Waals surface area contributed by atoms with Crippen molar-refractivity contribution in [2.24, 2.45) is 11.8 Å². The zero-order chi connectivity index (χ0) is 17.3. The number of halogens is 2. The molecule has 0 saturated carbocycles. The third-order valence-corrected chi connectivity index (χ3v) is 4.73. The van der Waals surface area contributed by atoms with Gasteiger partial charge in [0.15, 0.2) is 11.6 Å². The van der Waals surface area contributed by atoms with Crippen LogP contribution in [0, 0.1) is 35.8 Å². The molecule has 2 aliphatic rings. The molecule has 3 rings (SSSR count). The van der Waals surface area contributed by atoms with Crippen LogP contribution in [0.4, 0.5) is 14.5 Å². The molecule has 0 aromatic heterocycles. The predicted molar refractivity (Wildman–Crippen MR) is 85.0 cm³/mol. The first kappa shape index (κ1) is 16.4. The summed E-state index contributed by atoms with van der Waals surface area (Å²) in [5.74, 6) is 0.178. The third kappa shape index (κ3) is 3.12. The normalized spacial score (nSPS) is 21.9. The van der Waals surface area contributed by atoms with Crippen molar-refractivity contribution >= 4 is 17.5 Å². The Labute approximate surface area is 139 Å². The molecule has 2 fully saturated rings. The summed E-state index contributed by atoms with van der Waals surface area (Å²) in [7, 11) is 0. The highest BCUT2D eigenvalue weighted by molar-refractivity contribution is 6.00. The minimum Gasteiger partial charge on any atom is -0.342 e. The highest BCUT2D eigenvalue weighted by atomic mass is 19.2. The Bertz CT molecular complexity index is 705. The molecule has 1 aromatic carbocycles. The van der Waals surface area contributed by atoms with E-state index < -0.39 is 17.6 Å². The number of benzene rings is 1. The first-order valence-corrected chi connectivity index (χ1v) is 8.00. The molecular formula is C18H18F2N2O2.